The minimum atomic E-state index is 0.152. The van der Waals surface area contributed by atoms with E-state index in [0.29, 0.717) is 5.78 Å². The van der Waals surface area contributed by atoms with Crippen LogP contribution in [0.2, 0.25) is 0 Å². The number of ketones is 1. The van der Waals surface area contributed by atoms with Crippen molar-refractivity contribution in [3.63, 3.8) is 0 Å². The Morgan fingerprint density at radius 2 is 1.91 bits per heavy atom. The number of benzene rings is 1. The molecule has 23 heavy (non-hydrogen) atoms. The van der Waals surface area contributed by atoms with Gasteiger partial charge in [0.2, 0.25) is 0 Å². The summed E-state index contributed by atoms with van der Waals surface area (Å²) in [5.74, 6) is 2.98. The average molecular weight is 307 g/mol. The van der Waals surface area contributed by atoms with Crippen LogP contribution in [-0.2, 0) is 5.41 Å². The average Bonchev–Trinajstić information content (AvgIpc) is 3.25. The third-order valence-corrected chi connectivity index (χ3v) is 7.02. The van der Waals surface area contributed by atoms with E-state index in [4.69, 9.17) is 0 Å². The minimum absolute atomic E-state index is 0.152. The van der Waals surface area contributed by atoms with Gasteiger partial charge < -0.3 is 4.90 Å². The molecule has 1 aromatic carbocycles. The Kier molecular flexibility index (Phi) is 3.06. The van der Waals surface area contributed by atoms with Crippen LogP contribution in [0, 0.1) is 17.8 Å². The summed E-state index contributed by atoms with van der Waals surface area (Å²) in [6, 6.07) is 8.34. The maximum atomic E-state index is 12.4. The van der Waals surface area contributed by atoms with Crippen LogP contribution >= 0.6 is 0 Å². The fraction of sp³-hybridized carbons (Fsp3) is 0.571. The summed E-state index contributed by atoms with van der Waals surface area (Å²) in [5, 5.41) is 0. The third kappa shape index (κ3) is 2.15. The van der Waals surface area contributed by atoms with Crippen molar-refractivity contribution >= 4 is 5.78 Å². The zero-order valence-electron chi connectivity index (χ0n) is 13.7. The number of fused-ring (bicyclic) bond motifs is 4. The molecule has 0 N–H and O–H groups in total. The van der Waals surface area contributed by atoms with E-state index in [1.807, 2.05) is 12.1 Å². The summed E-state index contributed by atoms with van der Waals surface area (Å²) >= 11 is 0. The molecule has 0 radical (unpaired) electrons. The number of Topliss-reactive ketones (excluding diaryl/α,β-unsaturated/α-hetero) is 1. The summed E-state index contributed by atoms with van der Waals surface area (Å²) in [7, 11) is 0. The highest BCUT2D eigenvalue weighted by molar-refractivity contribution is 6.02. The monoisotopic (exact) mass is 307 g/mol. The van der Waals surface area contributed by atoms with E-state index < -0.39 is 0 Å². The van der Waals surface area contributed by atoms with Gasteiger partial charge in [0.25, 0.3) is 0 Å². The molecule has 2 bridgehead atoms. The van der Waals surface area contributed by atoms with Crippen molar-refractivity contribution in [1.82, 2.24) is 4.90 Å². The first-order chi connectivity index (χ1) is 11.2. The second-order valence-corrected chi connectivity index (χ2v) is 8.27. The Balaban J connectivity index is 1.28. The lowest BCUT2D eigenvalue weighted by Gasteiger charge is -2.41. The lowest BCUT2D eigenvalue weighted by molar-refractivity contribution is 0.0919. The molecule has 0 amide bonds. The first-order valence-corrected chi connectivity index (χ1v) is 9.27. The van der Waals surface area contributed by atoms with Gasteiger partial charge in [0, 0.05) is 23.9 Å². The summed E-state index contributed by atoms with van der Waals surface area (Å²) in [5.41, 5.74) is 2.49. The molecule has 1 saturated heterocycles. The van der Waals surface area contributed by atoms with Crippen LogP contribution in [-0.4, -0.2) is 30.3 Å². The molecule has 0 unspecified atom stereocenters. The van der Waals surface area contributed by atoms with Gasteiger partial charge in [-0.1, -0.05) is 36.4 Å². The number of carbonyl (C=O) groups excluding carboxylic acids is 1. The highest BCUT2D eigenvalue weighted by Crippen LogP contribution is 2.47. The maximum absolute atomic E-state index is 12.4. The summed E-state index contributed by atoms with van der Waals surface area (Å²) < 4.78 is 0. The smallest absolute Gasteiger partial charge is 0.164 e. The number of hydrogen-bond acceptors (Lipinski definition) is 2. The minimum Gasteiger partial charge on any atom is -0.303 e. The Bertz CT molecular complexity index is 668. The van der Waals surface area contributed by atoms with Gasteiger partial charge in [-0.25, -0.2) is 0 Å². The topological polar surface area (TPSA) is 20.3 Å². The Morgan fingerprint density at radius 1 is 1.09 bits per heavy atom. The van der Waals surface area contributed by atoms with E-state index in [1.165, 1.54) is 38.0 Å². The van der Waals surface area contributed by atoms with Crippen LogP contribution in [0.15, 0.2) is 36.4 Å². The van der Waals surface area contributed by atoms with E-state index in [2.05, 4.69) is 29.2 Å². The van der Waals surface area contributed by atoms with Crippen molar-refractivity contribution in [3.8, 4) is 0 Å². The van der Waals surface area contributed by atoms with Crippen molar-refractivity contribution in [2.45, 2.75) is 37.5 Å². The molecule has 5 rings (SSSR count). The molecule has 0 aromatic heterocycles. The van der Waals surface area contributed by atoms with Gasteiger partial charge in [-0.05, 0) is 62.1 Å². The van der Waals surface area contributed by atoms with Gasteiger partial charge in [-0.15, -0.1) is 0 Å². The van der Waals surface area contributed by atoms with E-state index in [1.54, 1.807) is 0 Å². The van der Waals surface area contributed by atoms with Gasteiger partial charge in [-0.2, -0.15) is 0 Å². The zero-order valence-corrected chi connectivity index (χ0v) is 13.7. The normalized spacial score (nSPS) is 34.4. The predicted molar refractivity (Wildman–Crippen MR) is 91.6 cm³/mol. The van der Waals surface area contributed by atoms with Crippen molar-refractivity contribution in [3.05, 3.63) is 47.5 Å². The molecule has 1 aromatic rings. The van der Waals surface area contributed by atoms with Crippen molar-refractivity contribution in [2.24, 2.45) is 17.8 Å². The van der Waals surface area contributed by atoms with Gasteiger partial charge in [0.05, 0.1) is 0 Å². The molecule has 4 aliphatic rings. The molecule has 2 heteroatoms. The summed E-state index contributed by atoms with van der Waals surface area (Å²) in [6.45, 7) is 3.61. The lowest BCUT2D eigenvalue weighted by atomic mass is 9.73. The predicted octanol–water partition coefficient (Wildman–Crippen LogP) is 3.82. The van der Waals surface area contributed by atoms with Crippen molar-refractivity contribution < 1.29 is 4.79 Å². The molecule has 3 aliphatic carbocycles. The largest absolute Gasteiger partial charge is 0.303 e. The molecule has 1 aliphatic heterocycles. The second kappa shape index (κ2) is 5.04. The van der Waals surface area contributed by atoms with Crippen molar-refractivity contribution in [1.29, 1.82) is 0 Å². The molecule has 120 valence electrons. The summed E-state index contributed by atoms with van der Waals surface area (Å²) in [4.78, 5) is 15.0. The number of piperidine rings is 1. The van der Waals surface area contributed by atoms with Gasteiger partial charge in [0.1, 0.15) is 0 Å². The van der Waals surface area contributed by atoms with E-state index in [9.17, 15) is 4.79 Å². The number of likely N-dealkylation sites (tertiary alicyclic amines) is 1. The van der Waals surface area contributed by atoms with E-state index in [0.717, 1.165) is 42.6 Å². The van der Waals surface area contributed by atoms with Crippen LogP contribution in [0.3, 0.4) is 0 Å². The Hall–Kier alpha value is -1.41. The summed E-state index contributed by atoms with van der Waals surface area (Å²) in [6.07, 6.45) is 10.8. The van der Waals surface area contributed by atoms with Gasteiger partial charge >= 0.3 is 0 Å². The number of carbonyl (C=O) groups is 1. The van der Waals surface area contributed by atoms with Crippen LogP contribution in [0.25, 0.3) is 0 Å². The van der Waals surface area contributed by atoms with Gasteiger partial charge in [0.15, 0.2) is 5.78 Å². The number of rotatable bonds is 2. The first kappa shape index (κ1) is 14.0. The fourth-order valence-electron chi connectivity index (χ4n) is 5.73. The highest BCUT2D eigenvalue weighted by Gasteiger charge is 2.45. The molecule has 3 atom stereocenters. The van der Waals surface area contributed by atoms with Crippen LogP contribution < -0.4 is 0 Å². The quantitative estimate of drug-likeness (QED) is 0.774. The molecule has 2 nitrogen and oxygen atoms in total. The van der Waals surface area contributed by atoms with E-state index >= 15 is 0 Å². The fourth-order valence-corrected chi connectivity index (χ4v) is 5.73. The molecule has 1 saturated carbocycles. The molecular weight excluding hydrogens is 282 g/mol. The van der Waals surface area contributed by atoms with Gasteiger partial charge in [-0.3, -0.25) is 4.79 Å². The van der Waals surface area contributed by atoms with Crippen LogP contribution in [0.4, 0.5) is 0 Å². The standard InChI is InChI=1S/C21H25NO/c23-20-13-21(19-4-2-1-3-18(19)20)7-9-22(10-8-21)14-17-12-15-5-6-16(17)11-15/h1-6,15-17H,7-14H2/t15-,16+,17+/m0/s1. The molecule has 1 heterocycles. The molecule has 2 fully saturated rings. The molecule has 1 spiro atoms. The third-order valence-electron chi connectivity index (χ3n) is 7.02. The Labute approximate surface area is 138 Å². The number of allylic oxidation sites excluding steroid dienone is 2. The highest BCUT2D eigenvalue weighted by atomic mass is 16.1. The SMILES string of the molecule is O=C1CC2(CCN(C[C@H]3C[C@H]4C=C[C@@H]3C4)CC2)c2ccccc21. The number of nitrogens with zero attached hydrogens (tertiary/aromatic N) is 1. The van der Waals surface area contributed by atoms with Crippen LogP contribution in [0.1, 0.15) is 48.0 Å². The second-order valence-electron chi connectivity index (χ2n) is 8.27. The van der Waals surface area contributed by atoms with Crippen LogP contribution in [0.5, 0.6) is 0 Å². The van der Waals surface area contributed by atoms with Crippen molar-refractivity contribution in [2.75, 3.05) is 19.6 Å². The van der Waals surface area contributed by atoms with E-state index in [-0.39, 0.29) is 5.41 Å². The zero-order chi connectivity index (χ0) is 15.4. The lowest BCUT2D eigenvalue weighted by Crippen LogP contribution is -2.44. The number of hydrogen-bond donors (Lipinski definition) is 0. The maximum Gasteiger partial charge on any atom is 0.164 e. The molecular formula is C21H25NO. The first-order valence-electron chi connectivity index (χ1n) is 9.27. The Morgan fingerprint density at radius 3 is 2.65 bits per heavy atom.